The van der Waals surface area contributed by atoms with Crippen LogP contribution in [0.5, 0.6) is 0 Å². The van der Waals surface area contributed by atoms with Crippen LogP contribution in [0.1, 0.15) is 12.8 Å². The maximum absolute atomic E-state index is 11.8. The molecule has 1 fully saturated rings. The first-order valence-corrected chi connectivity index (χ1v) is 7.73. The summed E-state index contributed by atoms with van der Waals surface area (Å²) in [5, 5.41) is 6.11. The lowest BCUT2D eigenvalue weighted by atomic mass is 10.0. The molecule has 1 saturated heterocycles. The van der Waals surface area contributed by atoms with Crippen molar-refractivity contribution >= 4 is 29.1 Å². The normalized spacial score (nSPS) is 17.9. The number of carbonyl (C=O) groups excluding carboxylic acids is 2. The fraction of sp³-hybridized carbons (Fsp3) is 0.467. The first kappa shape index (κ1) is 16.6. The molecule has 1 aliphatic rings. The van der Waals surface area contributed by atoms with Crippen LogP contribution in [0.3, 0.4) is 0 Å². The van der Waals surface area contributed by atoms with Crippen LogP contribution in [0.4, 0.5) is 5.69 Å². The molecule has 0 saturated carbocycles. The van der Waals surface area contributed by atoms with Gasteiger partial charge < -0.3 is 21.3 Å². The highest BCUT2D eigenvalue weighted by atomic mass is 35.5. The quantitative estimate of drug-likeness (QED) is 0.736. The summed E-state index contributed by atoms with van der Waals surface area (Å²) >= 11 is 6.22. The average Bonchev–Trinajstić information content (AvgIpc) is 2.53. The number of piperidine rings is 1. The smallest absolute Gasteiger partial charge is 0.239 e. The van der Waals surface area contributed by atoms with Crippen molar-refractivity contribution in [3.05, 3.63) is 29.3 Å². The van der Waals surface area contributed by atoms with Gasteiger partial charge in [-0.25, -0.2) is 0 Å². The number of halogens is 1. The number of benzene rings is 1. The molecular weight excluding hydrogens is 304 g/mol. The number of amides is 2. The summed E-state index contributed by atoms with van der Waals surface area (Å²) in [6.45, 7) is 1.47. The molecule has 6 nitrogen and oxygen atoms in total. The van der Waals surface area contributed by atoms with E-state index >= 15 is 0 Å². The molecule has 0 spiro atoms. The number of hydrogen-bond donors (Lipinski definition) is 3. The molecule has 1 aliphatic heterocycles. The summed E-state index contributed by atoms with van der Waals surface area (Å²) in [5.74, 6) is -0.538. The van der Waals surface area contributed by atoms with Crippen molar-refractivity contribution < 1.29 is 9.59 Å². The molecule has 1 unspecified atom stereocenters. The van der Waals surface area contributed by atoms with E-state index in [1.807, 2.05) is 24.3 Å². The van der Waals surface area contributed by atoms with E-state index in [1.54, 1.807) is 0 Å². The molecule has 7 heteroatoms. The highest BCUT2D eigenvalue weighted by molar-refractivity contribution is 6.33. The van der Waals surface area contributed by atoms with Gasteiger partial charge >= 0.3 is 0 Å². The third kappa shape index (κ3) is 4.61. The van der Waals surface area contributed by atoms with Gasteiger partial charge in [0.25, 0.3) is 0 Å². The fourth-order valence-corrected chi connectivity index (χ4v) is 2.81. The lowest BCUT2D eigenvalue weighted by Gasteiger charge is -2.35. The summed E-state index contributed by atoms with van der Waals surface area (Å²) in [5.41, 5.74) is 6.16. The van der Waals surface area contributed by atoms with Crippen molar-refractivity contribution in [2.24, 2.45) is 5.73 Å². The average molecular weight is 325 g/mol. The lowest BCUT2D eigenvalue weighted by molar-refractivity contribution is -0.125. The monoisotopic (exact) mass is 324 g/mol. The van der Waals surface area contributed by atoms with E-state index in [4.69, 9.17) is 17.3 Å². The molecule has 1 aromatic carbocycles. The third-order valence-corrected chi connectivity index (χ3v) is 3.93. The summed E-state index contributed by atoms with van der Waals surface area (Å²) in [6.07, 6.45) is 1.89. The Morgan fingerprint density at radius 3 is 2.82 bits per heavy atom. The van der Waals surface area contributed by atoms with Crippen LogP contribution < -0.4 is 21.3 Å². The largest absolute Gasteiger partial charge is 0.368 e. The second-order valence-electron chi connectivity index (χ2n) is 5.28. The number of hydrogen-bond acceptors (Lipinski definition) is 4. The lowest BCUT2D eigenvalue weighted by Crippen LogP contribution is -2.50. The predicted molar refractivity (Wildman–Crippen MR) is 86.9 cm³/mol. The van der Waals surface area contributed by atoms with E-state index in [2.05, 4.69) is 15.5 Å². The van der Waals surface area contributed by atoms with Gasteiger partial charge in [0.1, 0.15) is 0 Å². The summed E-state index contributed by atoms with van der Waals surface area (Å²) in [4.78, 5) is 25.1. The van der Waals surface area contributed by atoms with Crippen LogP contribution >= 0.6 is 11.6 Å². The standard InChI is InChI=1S/C15H21ClN4O2/c16-12-5-1-2-6-13(12)20-7-3-4-11(10-20)19-15(22)9-18-14(21)8-17/h1-2,5-6,11H,3-4,7-10,17H2,(H,18,21)(H,19,22). The van der Waals surface area contributed by atoms with Crippen molar-refractivity contribution in [1.29, 1.82) is 0 Å². The van der Waals surface area contributed by atoms with Gasteiger partial charge in [0.05, 0.1) is 23.8 Å². The van der Waals surface area contributed by atoms with Gasteiger partial charge in [0, 0.05) is 19.1 Å². The number of nitrogens with zero attached hydrogens (tertiary/aromatic N) is 1. The van der Waals surface area contributed by atoms with Crippen LogP contribution in [0.2, 0.25) is 5.02 Å². The molecule has 4 N–H and O–H groups in total. The first-order valence-electron chi connectivity index (χ1n) is 7.35. The van der Waals surface area contributed by atoms with Crippen molar-refractivity contribution in [2.75, 3.05) is 31.1 Å². The Hall–Kier alpha value is -1.79. The van der Waals surface area contributed by atoms with Crippen molar-refractivity contribution in [2.45, 2.75) is 18.9 Å². The molecule has 22 heavy (non-hydrogen) atoms. The van der Waals surface area contributed by atoms with Gasteiger partial charge in [-0.15, -0.1) is 0 Å². The zero-order valence-corrected chi connectivity index (χ0v) is 13.1. The van der Waals surface area contributed by atoms with Crippen molar-refractivity contribution in [1.82, 2.24) is 10.6 Å². The van der Waals surface area contributed by atoms with E-state index in [9.17, 15) is 9.59 Å². The molecule has 2 rings (SSSR count). The number of carbonyl (C=O) groups is 2. The Labute approximate surface area is 135 Å². The highest BCUT2D eigenvalue weighted by Gasteiger charge is 2.22. The minimum absolute atomic E-state index is 0.0430. The molecule has 1 aromatic rings. The SMILES string of the molecule is NCC(=O)NCC(=O)NC1CCCN(c2ccccc2Cl)C1. The number of para-hydroxylation sites is 1. The Kier molecular flexibility index (Phi) is 6.03. The third-order valence-electron chi connectivity index (χ3n) is 3.61. The Morgan fingerprint density at radius 1 is 1.32 bits per heavy atom. The topological polar surface area (TPSA) is 87.5 Å². The van der Waals surface area contributed by atoms with Crippen LogP contribution in [0.15, 0.2) is 24.3 Å². The molecule has 0 radical (unpaired) electrons. The summed E-state index contributed by atoms with van der Waals surface area (Å²) in [6, 6.07) is 7.74. The molecule has 120 valence electrons. The second-order valence-corrected chi connectivity index (χ2v) is 5.69. The molecular formula is C15H21ClN4O2. The number of anilines is 1. The maximum atomic E-state index is 11.8. The number of nitrogens with one attached hydrogen (secondary N) is 2. The van der Waals surface area contributed by atoms with Gasteiger partial charge in [0.15, 0.2) is 0 Å². The Balaban J connectivity index is 1.87. The van der Waals surface area contributed by atoms with Gasteiger partial charge in [-0.2, -0.15) is 0 Å². The van der Waals surface area contributed by atoms with Gasteiger partial charge in [0.2, 0.25) is 11.8 Å². The highest BCUT2D eigenvalue weighted by Crippen LogP contribution is 2.27. The van der Waals surface area contributed by atoms with Crippen molar-refractivity contribution in [3.63, 3.8) is 0 Å². The Morgan fingerprint density at radius 2 is 2.09 bits per heavy atom. The summed E-state index contributed by atoms with van der Waals surface area (Å²) < 4.78 is 0. The number of nitrogens with two attached hydrogens (primary N) is 1. The van der Waals surface area contributed by atoms with Crippen LogP contribution in [-0.2, 0) is 9.59 Å². The number of rotatable bonds is 5. The molecule has 1 heterocycles. The zero-order chi connectivity index (χ0) is 15.9. The van der Waals surface area contributed by atoms with E-state index in [-0.39, 0.29) is 30.9 Å². The van der Waals surface area contributed by atoms with Crippen molar-refractivity contribution in [3.8, 4) is 0 Å². The minimum Gasteiger partial charge on any atom is -0.368 e. The van der Waals surface area contributed by atoms with Crippen LogP contribution in [0.25, 0.3) is 0 Å². The molecule has 2 amide bonds. The molecule has 0 bridgehead atoms. The first-order chi connectivity index (χ1) is 10.6. The van der Waals surface area contributed by atoms with E-state index in [1.165, 1.54) is 0 Å². The van der Waals surface area contributed by atoms with Crippen LogP contribution in [-0.4, -0.2) is 44.0 Å². The fourth-order valence-electron chi connectivity index (χ4n) is 2.55. The summed E-state index contributed by atoms with van der Waals surface area (Å²) in [7, 11) is 0. The minimum atomic E-state index is -0.337. The molecule has 1 atom stereocenters. The van der Waals surface area contributed by atoms with E-state index in [0.29, 0.717) is 11.6 Å². The second kappa shape index (κ2) is 8.00. The Bertz CT molecular complexity index is 538. The van der Waals surface area contributed by atoms with Gasteiger partial charge in [-0.05, 0) is 25.0 Å². The van der Waals surface area contributed by atoms with Gasteiger partial charge in [-0.3, -0.25) is 9.59 Å². The predicted octanol–water partition coefficient (Wildman–Crippen LogP) is 0.500. The maximum Gasteiger partial charge on any atom is 0.239 e. The molecule has 0 aliphatic carbocycles. The zero-order valence-electron chi connectivity index (χ0n) is 12.3. The molecule has 0 aromatic heterocycles. The van der Waals surface area contributed by atoms with Crippen LogP contribution in [0, 0.1) is 0 Å². The van der Waals surface area contributed by atoms with E-state index < -0.39 is 0 Å². The van der Waals surface area contributed by atoms with E-state index in [0.717, 1.165) is 25.1 Å². The van der Waals surface area contributed by atoms with Gasteiger partial charge in [-0.1, -0.05) is 23.7 Å².